The molecular formula is C18H15ClN4OS. The van der Waals surface area contributed by atoms with Crippen LogP contribution in [0.15, 0.2) is 64.7 Å². The molecule has 0 amide bonds. The van der Waals surface area contributed by atoms with Gasteiger partial charge >= 0.3 is 0 Å². The second-order valence-corrected chi connectivity index (χ2v) is 5.90. The highest BCUT2D eigenvalue weighted by Gasteiger charge is 2.08. The van der Waals surface area contributed by atoms with E-state index >= 15 is 0 Å². The Morgan fingerprint density at radius 1 is 1.20 bits per heavy atom. The molecule has 2 aromatic carbocycles. The molecule has 0 aliphatic heterocycles. The van der Waals surface area contributed by atoms with E-state index in [-0.39, 0.29) is 0 Å². The molecule has 3 rings (SSSR count). The van der Waals surface area contributed by atoms with Gasteiger partial charge in [-0.2, -0.15) is 14.9 Å². The number of H-pyrrole nitrogens is 1. The summed E-state index contributed by atoms with van der Waals surface area (Å²) in [5, 5.41) is 11.8. The van der Waals surface area contributed by atoms with E-state index in [1.165, 1.54) is 10.9 Å². The fourth-order valence-corrected chi connectivity index (χ4v) is 2.53. The smallest absolute Gasteiger partial charge is 0.216 e. The minimum absolute atomic E-state index is 0.381. The van der Waals surface area contributed by atoms with Gasteiger partial charge in [-0.15, -0.1) is 0 Å². The maximum atomic E-state index is 6.24. The van der Waals surface area contributed by atoms with Gasteiger partial charge in [-0.25, -0.2) is 5.10 Å². The van der Waals surface area contributed by atoms with Crippen molar-refractivity contribution in [1.29, 1.82) is 0 Å². The van der Waals surface area contributed by atoms with Crippen LogP contribution in [-0.2, 0) is 0 Å². The van der Waals surface area contributed by atoms with Gasteiger partial charge in [0.05, 0.1) is 18.4 Å². The molecule has 0 saturated carbocycles. The molecule has 0 aliphatic carbocycles. The molecule has 0 unspecified atom stereocenters. The van der Waals surface area contributed by atoms with Gasteiger partial charge in [0.1, 0.15) is 5.75 Å². The Morgan fingerprint density at radius 3 is 2.60 bits per heavy atom. The molecule has 1 aromatic heterocycles. The Hall–Kier alpha value is -2.70. The van der Waals surface area contributed by atoms with Crippen LogP contribution in [0.5, 0.6) is 5.75 Å². The molecule has 0 spiro atoms. The molecule has 1 heterocycles. The molecule has 0 bridgehead atoms. The first-order valence-electron chi connectivity index (χ1n) is 7.46. The van der Waals surface area contributed by atoms with E-state index in [9.17, 15) is 0 Å². The summed E-state index contributed by atoms with van der Waals surface area (Å²) in [6.07, 6.45) is 3.36. The number of benzene rings is 2. The summed E-state index contributed by atoms with van der Waals surface area (Å²) in [7, 11) is 1.62. The van der Waals surface area contributed by atoms with Crippen molar-refractivity contribution in [2.75, 3.05) is 7.11 Å². The predicted octanol–water partition coefficient (Wildman–Crippen LogP) is 4.73. The van der Waals surface area contributed by atoms with E-state index < -0.39 is 0 Å². The van der Waals surface area contributed by atoms with E-state index in [1.54, 1.807) is 7.11 Å². The SMILES string of the molecule is COc1ccc(-c2n[nH]c(=S)n2N=C/C(Cl)=C/c2ccccc2)cc1. The van der Waals surface area contributed by atoms with Crippen molar-refractivity contribution in [3.05, 3.63) is 70.0 Å². The van der Waals surface area contributed by atoms with Gasteiger partial charge in [0, 0.05) is 5.56 Å². The molecule has 3 aromatic rings. The Balaban J connectivity index is 1.89. The number of nitrogens with zero attached hydrogens (tertiary/aromatic N) is 3. The average molecular weight is 371 g/mol. The standard InChI is InChI=1S/C18H15ClN4OS/c1-24-16-9-7-14(8-10-16)17-21-22-18(25)23(17)20-12-15(19)11-13-5-3-2-4-6-13/h2-12H,1H3,(H,22,25)/b15-11-,20-12?. The zero-order valence-corrected chi connectivity index (χ0v) is 15.0. The molecule has 1 N–H and O–H groups in total. The van der Waals surface area contributed by atoms with Crippen molar-refractivity contribution in [3.8, 4) is 17.1 Å². The van der Waals surface area contributed by atoms with E-state index in [0.717, 1.165) is 16.9 Å². The number of hydrogen-bond donors (Lipinski definition) is 1. The Labute approximate surface area is 155 Å². The maximum Gasteiger partial charge on any atom is 0.216 e. The summed E-state index contributed by atoms with van der Waals surface area (Å²) in [6, 6.07) is 17.2. The largest absolute Gasteiger partial charge is 0.497 e. The molecule has 0 atom stereocenters. The summed E-state index contributed by atoms with van der Waals surface area (Å²) in [4.78, 5) is 0. The molecule has 0 radical (unpaired) electrons. The van der Waals surface area contributed by atoms with Crippen LogP contribution >= 0.6 is 23.8 Å². The van der Waals surface area contributed by atoms with Crippen LogP contribution in [0.25, 0.3) is 17.5 Å². The predicted molar refractivity (Wildman–Crippen MR) is 104 cm³/mol. The average Bonchev–Trinajstić information content (AvgIpc) is 3.01. The third-order valence-electron chi connectivity index (χ3n) is 3.40. The van der Waals surface area contributed by atoms with Crippen LogP contribution < -0.4 is 4.74 Å². The minimum Gasteiger partial charge on any atom is -0.497 e. The molecule has 0 fully saturated rings. The number of methoxy groups -OCH3 is 1. The van der Waals surface area contributed by atoms with E-state index in [4.69, 9.17) is 28.6 Å². The lowest BCUT2D eigenvalue weighted by Crippen LogP contribution is -1.94. The van der Waals surface area contributed by atoms with Gasteiger partial charge in [0.15, 0.2) is 5.82 Å². The highest BCUT2D eigenvalue weighted by atomic mass is 35.5. The quantitative estimate of drug-likeness (QED) is 0.521. The Morgan fingerprint density at radius 2 is 1.92 bits per heavy atom. The van der Waals surface area contributed by atoms with Crippen LogP contribution in [0.2, 0.25) is 0 Å². The van der Waals surface area contributed by atoms with Crippen molar-refractivity contribution < 1.29 is 4.74 Å². The van der Waals surface area contributed by atoms with E-state index in [2.05, 4.69) is 15.3 Å². The normalized spacial score (nSPS) is 11.8. The van der Waals surface area contributed by atoms with Gasteiger partial charge in [-0.1, -0.05) is 41.9 Å². The maximum absolute atomic E-state index is 6.24. The Kier molecular flexibility index (Phi) is 5.42. The zero-order chi connectivity index (χ0) is 17.6. The van der Waals surface area contributed by atoms with Crippen molar-refractivity contribution in [1.82, 2.24) is 14.9 Å². The number of nitrogens with one attached hydrogen (secondary N) is 1. The molecule has 7 heteroatoms. The van der Waals surface area contributed by atoms with Gasteiger partial charge in [-0.3, -0.25) is 0 Å². The molecule has 25 heavy (non-hydrogen) atoms. The van der Waals surface area contributed by atoms with Gasteiger partial charge < -0.3 is 4.74 Å². The van der Waals surface area contributed by atoms with Gasteiger partial charge in [0.25, 0.3) is 0 Å². The number of aromatic nitrogens is 3. The molecule has 0 aliphatic rings. The Bertz CT molecular complexity index is 959. The number of allylic oxidation sites excluding steroid dienone is 1. The highest BCUT2D eigenvalue weighted by Crippen LogP contribution is 2.21. The van der Waals surface area contributed by atoms with Crippen LogP contribution in [0.1, 0.15) is 5.56 Å². The molecule has 5 nitrogen and oxygen atoms in total. The number of hydrogen-bond acceptors (Lipinski definition) is 4. The lowest BCUT2D eigenvalue weighted by atomic mass is 10.2. The third kappa shape index (κ3) is 4.23. The van der Waals surface area contributed by atoms with E-state index in [0.29, 0.717) is 15.6 Å². The fourth-order valence-electron chi connectivity index (χ4n) is 2.18. The minimum atomic E-state index is 0.381. The molecule has 0 saturated heterocycles. The number of rotatable bonds is 5. The van der Waals surface area contributed by atoms with Gasteiger partial charge in [0.2, 0.25) is 4.77 Å². The summed E-state index contributed by atoms with van der Waals surface area (Å²) >= 11 is 11.5. The summed E-state index contributed by atoms with van der Waals surface area (Å²) in [5.41, 5.74) is 1.85. The summed E-state index contributed by atoms with van der Waals surface area (Å²) in [5.74, 6) is 1.36. The van der Waals surface area contributed by atoms with Gasteiger partial charge in [-0.05, 0) is 48.1 Å². The first-order valence-corrected chi connectivity index (χ1v) is 8.24. The lowest BCUT2D eigenvalue weighted by molar-refractivity contribution is 0.415. The van der Waals surface area contributed by atoms with Crippen LogP contribution in [-0.4, -0.2) is 28.2 Å². The number of aromatic amines is 1. The first-order chi connectivity index (χ1) is 12.2. The van der Waals surface area contributed by atoms with E-state index in [1.807, 2.05) is 60.7 Å². The van der Waals surface area contributed by atoms with Crippen LogP contribution in [0.3, 0.4) is 0 Å². The topological polar surface area (TPSA) is 55.2 Å². The number of ether oxygens (including phenoxy) is 1. The zero-order valence-electron chi connectivity index (χ0n) is 13.4. The highest BCUT2D eigenvalue weighted by molar-refractivity contribution is 7.71. The van der Waals surface area contributed by atoms with Crippen molar-refractivity contribution in [2.45, 2.75) is 0 Å². The van der Waals surface area contributed by atoms with Crippen molar-refractivity contribution >= 4 is 36.1 Å². The first kappa shape index (κ1) is 17.1. The van der Waals surface area contributed by atoms with Crippen molar-refractivity contribution in [2.24, 2.45) is 5.10 Å². The monoisotopic (exact) mass is 370 g/mol. The third-order valence-corrected chi connectivity index (χ3v) is 3.87. The number of halogens is 1. The van der Waals surface area contributed by atoms with Crippen LogP contribution in [0, 0.1) is 4.77 Å². The second-order valence-electron chi connectivity index (χ2n) is 5.08. The van der Waals surface area contributed by atoms with Crippen LogP contribution in [0.4, 0.5) is 0 Å². The lowest BCUT2D eigenvalue weighted by Gasteiger charge is -2.03. The molecular weight excluding hydrogens is 356 g/mol. The second kappa shape index (κ2) is 7.92. The summed E-state index contributed by atoms with van der Waals surface area (Å²) < 4.78 is 7.07. The van der Waals surface area contributed by atoms with Crippen molar-refractivity contribution in [3.63, 3.8) is 0 Å². The fraction of sp³-hybridized carbons (Fsp3) is 0.0556. The summed E-state index contributed by atoms with van der Waals surface area (Å²) in [6.45, 7) is 0. The molecule has 126 valence electrons.